The normalized spacial score (nSPS) is 21.8. The van der Waals surface area contributed by atoms with Gasteiger partial charge in [0.15, 0.2) is 0 Å². The third kappa shape index (κ3) is 2.11. The first kappa shape index (κ1) is 11.2. The molecule has 2 rings (SSSR count). The minimum Gasteiger partial charge on any atom is -0.294 e. The molecule has 2 heteroatoms. The van der Waals surface area contributed by atoms with Gasteiger partial charge in [0.05, 0.1) is 0 Å². The number of nitrogens with zero attached hydrogens (tertiary/aromatic N) is 1. The number of hydrogen-bond donors (Lipinski definition) is 0. The molecule has 0 fully saturated rings. The molecule has 0 bridgehead atoms. The molecule has 1 atom stereocenters. The predicted molar refractivity (Wildman–Crippen MR) is 68.0 cm³/mol. The van der Waals surface area contributed by atoms with E-state index >= 15 is 0 Å². The van der Waals surface area contributed by atoms with Gasteiger partial charge in [-0.05, 0) is 44.4 Å². The average molecular weight is 268 g/mol. The molecule has 1 nitrogen and oxygen atoms in total. The van der Waals surface area contributed by atoms with E-state index in [1.807, 2.05) is 0 Å². The number of hydrogen-bond acceptors (Lipinski definition) is 1. The molecule has 15 heavy (non-hydrogen) atoms. The summed E-state index contributed by atoms with van der Waals surface area (Å²) in [5, 5.41) is 0. The van der Waals surface area contributed by atoms with Crippen LogP contribution < -0.4 is 0 Å². The number of rotatable bonds is 1. The van der Waals surface area contributed by atoms with Crippen molar-refractivity contribution in [2.75, 3.05) is 0 Å². The van der Waals surface area contributed by atoms with Crippen LogP contribution in [-0.4, -0.2) is 17.0 Å². The van der Waals surface area contributed by atoms with E-state index in [4.69, 9.17) is 0 Å². The van der Waals surface area contributed by atoms with Crippen LogP contribution in [-0.2, 0) is 13.0 Å². The topological polar surface area (TPSA) is 3.24 Å². The van der Waals surface area contributed by atoms with Crippen molar-refractivity contribution in [2.45, 2.75) is 45.8 Å². The van der Waals surface area contributed by atoms with Crippen LogP contribution in [0.3, 0.4) is 0 Å². The van der Waals surface area contributed by atoms with Gasteiger partial charge in [-0.2, -0.15) is 0 Å². The van der Waals surface area contributed by atoms with Crippen LogP contribution in [0.2, 0.25) is 0 Å². The van der Waals surface area contributed by atoms with E-state index in [0.29, 0.717) is 12.1 Å². The Morgan fingerprint density at radius 2 is 2.13 bits per heavy atom. The SMILES string of the molecule is CC(C)N1Cc2cccc(Br)c2CC1C. The van der Waals surface area contributed by atoms with E-state index in [-0.39, 0.29) is 0 Å². The van der Waals surface area contributed by atoms with Gasteiger partial charge in [-0.1, -0.05) is 28.1 Å². The molecular weight excluding hydrogens is 250 g/mol. The summed E-state index contributed by atoms with van der Waals surface area (Å²) in [7, 11) is 0. The first-order chi connectivity index (χ1) is 7.09. The summed E-state index contributed by atoms with van der Waals surface area (Å²) >= 11 is 3.65. The van der Waals surface area contributed by atoms with Crippen molar-refractivity contribution in [1.29, 1.82) is 0 Å². The molecule has 0 radical (unpaired) electrons. The molecule has 1 unspecified atom stereocenters. The van der Waals surface area contributed by atoms with Gasteiger partial charge in [0, 0.05) is 23.1 Å². The van der Waals surface area contributed by atoms with Crippen molar-refractivity contribution in [2.24, 2.45) is 0 Å². The molecule has 1 aliphatic rings. The quantitative estimate of drug-likeness (QED) is 0.752. The van der Waals surface area contributed by atoms with Crippen LogP contribution in [0.25, 0.3) is 0 Å². The smallest absolute Gasteiger partial charge is 0.0242 e. The summed E-state index contributed by atoms with van der Waals surface area (Å²) in [5.41, 5.74) is 2.98. The fourth-order valence-corrected chi connectivity index (χ4v) is 3.01. The standard InChI is InChI=1S/C13H18BrN/c1-9(2)15-8-11-5-4-6-13(14)12(11)7-10(15)3/h4-6,9-10H,7-8H2,1-3H3. The van der Waals surface area contributed by atoms with Crippen molar-refractivity contribution in [1.82, 2.24) is 4.90 Å². The highest BCUT2D eigenvalue weighted by Gasteiger charge is 2.25. The highest BCUT2D eigenvalue weighted by atomic mass is 79.9. The lowest BCUT2D eigenvalue weighted by molar-refractivity contribution is 0.141. The monoisotopic (exact) mass is 267 g/mol. The summed E-state index contributed by atoms with van der Waals surface area (Å²) in [6.07, 6.45) is 1.16. The van der Waals surface area contributed by atoms with Gasteiger partial charge >= 0.3 is 0 Å². The van der Waals surface area contributed by atoms with Crippen LogP contribution in [0.1, 0.15) is 31.9 Å². The first-order valence-corrected chi connectivity index (χ1v) is 6.41. The zero-order valence-electron chi connectivity index (χ0n) is 9.63. The summed E-state index contributed by atoms with van der Waals surface area (Å²) in [6, 6.07) is 7.82. The minimum atomic E-state index is 0.632. The molecule has 1 aromatic carbocycles. The van der Waals surface area contributed by atoms with Crippen molar-refractivity contribution in [3.63, 3.8) is 0 Å². The predicted octanol–water partition coefficient (Wildman–Crippen LogP) is 3.60. The maximum absolute atomic E-state index is 3.65. The Balaban J connectivity index is 2.34. The van der Waals surface area contributed by atoms with E-state index in [1.54, 1.807) is 0 Å². The molecule has 1 heterocycles. The van der Waals surface area contributed by atoms with Gasteiger partial charge in [-0.3, -0.25) is 4.90 Å². The first-order valence-electron chi connectivity index (χ1n) is 5.61. The molecule has 0 N–H and O–H groups in total. The van der Waals surface area contributed by atoms with Gasteiger partial charge in [0.2, 0.25) is 0 Å². The van der Waals surface area contributed by atoms with E-state index in [9.17, 15) is 0 Å². The fraction of sp³-hybridized carbons (Fsp3) is 0.538. The number of halogens is 1. The molecule has 0 aliphatic carbocycles. The number of benzene rings is 1. The van der Waals surface area contributed by atoms with Gasteiger partial charge in [-0.25, -0.2) is 0 Å². The van der Waals surface area contributed by atoms with Crippen LogP contribution in [0.15, 0.2) is 22.7 Å². The molecule has 0 saturated carbocycles. The van der Waals surface area contributed by atoms with Gasteiger partial charge in [-0.15, -0.1) is 0 Å². The largest absolute Gasteiger partial charge is 0.294 e. The lowest BCUT2D eigenvalue weighted by atomic mass is 9.94. The van der Waals surface area contributed by atoms with Crippen LogP contribution in [0.4, 0.5) is 0 Å². The van der Waals surface area contributed by atoms with E-state index in [0.717, 1.165) is 13.0 Å². The second-order valence-electron chi connectivity index (χ2n) is 4.70. The zero-order valence-corrected chi connectivity index (χ0v) is 11.2. The maximum Gasteiger partial charge on any atom is 0.0242 e. The lowest BCUT2D eigenvalue weighted by Gasteiger charge is -2.38. The Labute approximate surface area is 101 Å². The lowest BCUT2D eigenvalue weighted by Crippen LogP contribution is -2.42. The summed E-state index contributed by atoms with van der Waals surface area (Å²) in [4.78, 5) is 2.56. The molecule has 0 spiro atoms. The Hall–Kier alpha value is -0.340. The van der Waals surface area contributed by atoms with E-state index < -0.39 is 0 Å². The number of fused-ring (bicyclic) bond motifs is 1. The van der Waals surface area contributed by atoms with Crippen molar-refractivity contribution in [3.8, 4) is 0 Å². The highest BCUT2D eigenvalue weighted by Crippen LogP contribution is 2.30. The van der Waals surface area contributed by atoms with Gasteiger partial charge in [0.1, 0.15) is 0 Å². The molecular formula is C13H18BrN. The third-order valence-corrected chi connectivity index (χ3v) is 4.04. The van der Waals surface area contributed by atoms with E-state index in [2.05, 4.69) is 59.8 Å². The zero-order chi connectivity index (χ0) is 11.0. The summed E-state index contributed by atoms with van der Waals surface area (Å²) in [5.74, 6) is 0. The Bertz CT molecular complexity index is 360. The third-order valence-electron chi connectivity index (χ3n) is 3.30. The van der Waals surface area contributed by atoms with Gasteiger partial charge < -0.3 is 0 Å². The van der Waals surface area contributed by atoms with Crippen molar-refractivity contribution in [3.05, 3.63) is 33.8 Å². The second-order valence-corrected chi connectivity index (χ2v) is 5.55. The second kappa shape index (κ2) is 4.26. The minimum absolute atomic E-state index is 0.632. The fourth-order valence-electron chi connectivity index (χ4n) is 2.44. The van der Waals surface area contributed by atoms with E-state index in [1.165, 1.54) is 15.6 Å². The van der Waals surface area contributed by atoms with Crippen LogP contribution >= 0.6 is 15.9 Å². The average Bonchev–Trinajstić information content (AvgIpc) is 2.18. The van der Waals surface area contributed by atoms with Crippen molar-refractivity contribution < 1.29 is 0 Å². The molecule has 0 amide bonds. The summed E-state index contributed by atoms with van der Waals surface area (Å²) < 4.78 is 1.27. The Morgan fingerprint density at radius 1 is 1.40 bits per heavy atom. The van der Waals surface area contributed by atoms with Crippen molar-refractivity contribution >= 4 is 15.9 Å². The molecule has 0 aromatic heterocycles. The van der Waals surface area contributed by atoms with Gasteiger partial charge in [0.25, 0.3) is 0 Å². The maximum atomic E-state index is 3.65. The summed E-state index contributed by atoms with van der Waals surface area (Å²) in [6.45, 7) is 7.97. The molecule has 82 valence electrons. The molecule has 0 saturated heterocycles. The Kier molecular flexibility index (Phi) is 3.17. The van der Waals surface area contributed by atoms with Crippen LogP contribution in [0, 0.1) is 0 Å². The highest BCUT2D eigenvalue weighted by molar-refractivity contribution is 9.10. The molecule has 1 aromatic rings. The van der Waals surface area contributed by atoms with Crippen LogP contribution in [0.5, 0.6) is 0 Å². The Morgan fingerprint density at radius 3 is 2.80 bits per heavy atom. The molecule has 1 aliphatic heterocycles.